The molecule has 0 aliphatic rings. The molecule has 6 heteroatoms. The number of nitrogens with zero attached hydrogens (tertiary/aromatic N) is 2. The van der Waals surface area contributed by atoms with Crippen LogP contribution in [0.25, 0.3) is 10.4 Å². The maximum atomic E-state index is 12.2. The zero-order valence-corrected chi connectivity index (χ0v) is 13.3. The molecule has 1 aromatic heterocycles. The van der Waals surface area contributed by atoms with Crippen molar-refractivity contribution >= 4 is 22.5 Å². The summed E-state index contributed by atoms with van der Waals surface area (Å²) in [5.74, 6) is 0. The van der Waals surface area contributed by atoms with E-state index >= 15 is 0 Å². The molecule has 5 nitrogen and oxygen atoms in total. The molecule has 2 amide bonds. The van der Waals surface area contributed by atoms with Gasteiger partial charge in [-0.15, -0.1) is 6.58 Å². The topological polar surface area (TPSA) is 65.5 Å². The van der Waals surface area contributed by atoms with E-state index in [-0.39, 0.29) is 19.2 Å². The fourth-order valence-corrected chi connectivity index (χ4v) is 2.99. The van der Waals surface area contributed by atoms with E-state index in [0.29, 0.717) is 11.7 Å². The van der Waals surface area contributed by atoms with Gasteiger partial charge in [-0.1, -0.05) is 47.7 Å². The molecule has 0 atom stereocenters. The number of aryl methyl sites for hydroxylation is 1. The van der Waals surface area contributed by atoms with Gasteiger partial charge in [0.15, 0.2) is 5.13 Å². The number of anilines is 1. The highest BCUT2D eigenvalue weighted by atomic mass is 32.1. The number of nitrogens with one attached hydrogen (secondary N) is 1. The molecule has 0 fully saturated rings. The van der Waals surface area contributed by atoms with E-state index in [1.165, 1.54) is 16.2 Å². The Morgan fingerprint density at radius 1 is 1.45 bits per heavy atom. The SMILES string of the molecule is C=CCN(CCO)C(=O)Nc1nc(C)c(-c2ccccc2)s1. The van der Waals surface area contributed by atoms with Crippen LogP contribution in [0.4, 0.5) is 9.93 Å². The van der Waals surface area contributed by atoms with Crippen molar-refractivity contribution in [3.8, 4) is 10.4 Å². The van der Waals surface area contributed by atoms with Gasteiger partial charge in [-0.3, -0.25) is 5.32 Å². The van der Waals surface area contributed by atoms with E-state index in [1.807, 2.05) is 37.3 Å². The van der Waals surface area contributed by atoms with Gasteiger partial charge in [0.2, 0.25) is 0 Å². The van der Waals surface area contributed by atoms with Crippen LogP contribution in [0.3, 0.4) is 0 Å². The van der Waals surface area contributed by atoms with Crippen molar-refractivity contribution in [2.24, 2.45) is 0 Å². The summed E-state index contributed by atoms with van der Waals surface area (Å²) in [6.45, 7) is 6.08. The van der Waals surface area contributed by atoms with Gasteiger partial charge in [-0.2, -0.15) is 0 Å². The van der Waals surface area contributed by atoms with Crippen LogP contribution in [0, 0.1) is 6.92 Å². The van der Waals surface area contributed by atoms with Crippen LogP contribution in [0.2, 0.25) is 0 Å². The van der Waals surface area contributed by atoms with E-state index in [4.69, 9.17) is 5.11 Å². The highest BCUT2D eigenvalue weighted by Gasteiger charge is 2.15. The predicted octanol–water partition coefficient (Wildman–Crippen LogP) is 3.13. The van der Waals surface area contributed by atoms with Crippen molar-refractivity contribution in [3.05, 3.63) is 48.7 Å². The Kier molecular flexibility index (Phi) is 5.68. The molecule has 0 saturated heterocycles. The molecule has 1 heterocycles. The Bertz CT molecular complexity index is 640. The molecule has 0 aliphatic heterocycles. The van der Waals surface area contributed by atoms with Gasteiger partial charge in [0.1, 0.15) is 0 Å². The summed E-state index contributed by atoms with van der Waals surface area (Å²) in [6, 6.07) is 9.65. The summed E-state index contributed by atoms with van der Waals surface area (Å²) in [6.07, 6.45) is 1.62. The molecular weight excluding hydrogens is 298 g/mol. The highest BCUT2D eigenvalue weighted by Crippen LogP contribution is 2.32. The number of aliphatic hydroxyl groups is 1. The van der Waals surface area contributed by atoms with Gasteiger partial charge in [-0.05, 0) is 12.5 Å². The quantitative estimate of drug-likeness (QED) is 0.805. The molecular formula is C16H19N3O2S. The lowest BCUT2D eigenvalue weighted by atomic mass is 10.2. The minimum Gasteiger partial charge on any atom is -0.395 e. The van der Waals surface area contributed by atoms with Crippen molar-refractivity contribution in [1.82, 2.24) is 9.88 Å². The van der Waals surface area contributed by atoms with Gasteiger partial charge in [-0.25, -0.2) is 9.78 Å². The summed E-state index contributed by atoms with van der Waals surface area (Å²) in [7, 11) is 0. The van der Waals surface area contributed by atoms with E-state index < -0.39 is 0 Å². The molecule has 0 unspecified atom stereocenters. The number of urea groups is 1. The zero-order valence-electron chi connectivity index (χ0n) is 12.5. The predicted molar refractivity (Wildman–Crippen MR) is 90.2 cm³/mol. The van der Waals surface area contributed by atoms with Crippen molar-refractivity contribution < 1.29 is 9.90 Å². The van der Waals surface area contributed by atoms with Gasteiger partial charge in [0, 0.05) is 13.1 Å². The molecule has 22 heavy (non-hydrogen) atoms. The first-order chi connectivity index (χ1) is 10.7. The van der Waals surface area contributed by atoms with E-state index in [0.717, 1.165) is 16.1 Å². The molecule has 2 aromatic rings. The largest absolute Gasteiger partial charge is 0.395 e. The second-order valence-corrected chi connectivity index (χ2v) is 5.69. The van der Waals surface area contributed by atoms with Crippen molar-refractivity contribution in [1.29, 1.82) is 0 Å². The number of thiazole rings is 1. The summed E-state index contributed by atoms with van der Waals surface area (Å²) in [5.41, 5.74) is 1.96. The summed E-state index contributed by atoms with van der Waals surface area (Å²) >= 11 is 1.44. The average Bonchev–Trinajstić information content (AvgIpc) is 2.88. The molecule has 116 valence electrons. The Morgan fingerprint density at radius 2 is 2.18 bits per heavy atom. The van der Waals surface area contributed by atoms with Crippen LogP contribution in [0.1, 0.15) is 5.69 Å². The second kappa shape index (κ2) is 7.72. The first-order valence-electron chi connectivity index (χ1n) is 6.96. The first-order valence-corrected chi connectivity index (χ1v) is 7.78. The monoisotopic (exact) mass is 317 g/mol. The lowest BCUT2D eigenvalue weighted by Crippen LogP contribution is -2.37. The Morgan fingerprint density at radius 3 is 2.82 bits per heavy atom. The Balaban J connectivity index is 2.14. The fraction of sp³-hybridized carbons (Fsp3) is 0.250. The maximum Gasteiger partial charge on any atom is 0.324 e. The van der Waals surface area contributed by atoms with Crippen LogP contribution in [-0.2, 0) is 0 Å². The Hall–Kier alpha value is -2.18. The number of hydrogen-bond donors (Lipinski definition) is 2. The number of aliphatic hydroxyl groups excluding tert-OH is 1. The van der Waals surface area contributed by atoms with Crippen LogP contribution in [-0.4, -0.2) is 40.7 Å². The van der Waals surface area contributed by atoms with Crippen LogP contribution in [0.5, 0.6) is 0 Å². The smallest absolute Gasteiger partial charge is 0.324 e. The second-order valence-electron chi connectivity index (χ2n) is 4.69. The van der Waals surface area contributed by atoms with Crippen LogP contribution >= 0.6 is 11.3 Å². The van der Waals surface area contributed by atoms with E-state index in [2.05, 4.69) is 16.9 Å². The number of benzene rings is 1. The van der Waals surface area contributed by atoms with E-state index in [1.54, 1.807) is 6.08 Å². The lowest BCUT2D eigenvalue weighted by Gasteiger charge is -2.19. The molecule has 0 aliphatic carbocycles. The normalized spacial score (nSPS) is 10.3. The standard InChI is InChI=1S/C16H19N3O2S/c1-3-9-19(10-11-20)16(21)18-15-17-12(2)14(22-15)13-7-5-4-6-8-13/h3-8,20H,1,9-11H2,2H3,(H,17,18,21). The van der Waals surface area contributed by atoms with Crippen LogP contribution < -0.4 is 5.32 Å². The van der Waals surface area contributed by atoms with Crippen LogP contribution in [0.15, 0.2) is 43.0 Å². The van der Waals surface area contributed by atoms with Gasteiger partial charge >= 0.3 is 6.03 Å². The first kappa shape index (κ1) is 16.2. The number of carbonyl (C=O) groups excluding carboxylic acids is 1. The molecule has 1 aromatic carbocycles. The van der Waals surface area contributed by atoms with Gasteiger partial charge < -0.3 is 10.0 Å². The highest BCUT2D eigenvalue weighted by molar-refractivity contribution is 7.19. The van der Waals surface area contributed by atoms with Crippen molar-refractivity contribution in [3.63, 3.8) is 0 Å². The summed E-state index contributed by atoms with van der Waals surface area (Å²) < 4.78 is 0. The molecule has 0 saturated carbocycles. The number of hydrogen-bond acceptors (Lipinski definition) is 4. The van der Waals surface area contributed by atoms with Crippen molar-refractivity contribution in [2.45, 2.75) is 6.92 Å². The number of amides is 2. The lowest BCUT2D eigenvalue weighted by molar-refractivity contribution is 0.195. The van der Waals surface area contributed by atoms with Gasteiger partial charge in [0.25, 0.3) is 0 Å². The third-order valence-corrected chi connectivity index (χ3v) is 4.17. The molecule has 2 N–H and O–H groups in total. The summed E-state index contributed by atoms with van der Waals surface area (Å²) in [4.78, 5) is 19.1. The van der Waals surface area contributed by atoms with E-state index in [9.17, 15) is 4.79 Å². The third-order valence-electron chi connectivity index (χ3n) is 3.05. The molecule has 0 radical (unpaired) electrons. The fourth-order valence-electron chi connectivity index (χ4n) is 2.03. The van der Waals surface area contributed by atoms with Crippen molar-refractivity contribution in [2.75, 3.05) is 25.0 Å². The minimum absolute atomic E-state index is 0.0899. The average molecular weight is 317 g/mol. The third kappa shape index (κ3) is 3.93. The molecule has 0 bridgehead atoms. The summed E-state index contributed by atoms with van der Waals surface area (Å²) in [5, 5.41) is 12.3. The molecule has 0 spiro atoms. The zero-order chi connectivity index (χ0) is 15.9. The maximum absolute atomic E-state index is 12.2. The number of rotatable bonds is 6. The molecule has 2 rings (SSSR count). The van der Waals surface area contributed by atoms with Gasteiger partial charge in [0.05, 0.1) is 17.2 Å². The minimum atomic E-state index is -0.290. The number of carbonyl (C=O) groups is 1. The Labute approximate surface area is 133 Å². The number of aromatic nitrogens is 1.